The average molecular weight is 302 g/mol. The fourth-order valence-corrected chi connectivity index (χ4v) is 2.09. The van der Waals surface area contributed by atoms with E-state index in [2.05, 4.69) is 32.2 Å². The molecule has 0 spiro atoms. The van der Waals surface area contributed by atoms with E-state index in [9.17, 15) is 4.79 Å². The Morgan fingerprint density at radius 3 is 2.53 bits per heavy atom. The quantitative estimate of drug-likeness (QED) is 0.401. The van der Waals surface area contributed by atoms with Crippen molar-refractivity contribution >= 4 is 40.8 Å². The van der Waals surface area contributed by atoms with Crippen molar-refractivity contribution in [2.75, 3.05) is 26.2 Å². The van der Waals surface area contributed by atoms with Crippen molar-refractivity contribution in [2.45, 2.75) is 12.8 Å². The molecular formula is C11H18N4O2S2. The summed E-state index contributed by atoms with van der Waals surface area (Å²) in [6, 6.07) is 0. The normalized spacial score (nSPS) is 13.6. The molecule has 0 radical (unpaired) electrons. The van der Waals surface area contributed by atoms with Gasteiger partial charge in [0.15, 0.2) is 10.2 Å². The van der Waals surface area contributed by atoms with Crippen LogP contribution in [0.5, 0.6) is 0 Å². The van der Waals surface area contributed by atoms with E-state index in [1.54, 1.807) is 0 Å². The van der Waals surface area contributed by atoms with Crippen LogP contribution >= 0.6 is 24.4 Å². The number of rotatable bonds is 4. The van der Waals surface area contributed by atoms with Crippen LogP contribution in [0.15, 0.2) is 12.8 Å². The van der Waals surface area contributed by atoms with Crippen LogP contribution in [0, 0.1) is 0 Å². The lowest BCUT2D eigenvalue weighted by atomic mass is 10.4. The second-order valence-corrected chi connectivity index (χ2v) is 4.67. The number of alkyl carbamates (subject to hydrolysis) is 1. The third kappa shape index (κ3) is 6.35. The van der Waals surface area contributed by atoms with E-state index < -0.39 is 6.09 Å². The number of carbonyl (C=O) groups excluding carboxylic acids is 1. The number of hydrogen-bond donors (Lipinski definition) is 3. The fourth-order valence-electron chi connectivity index (χ4n) is 1.62. The highest BCUT2D eigenvalue weighted by Gasteiger charge is 2.13. The van der Waals surface area contributed by atoms with Crippen LogP contribution in [-0.2, 0) is 4.74 Å². The molecule has 1 aliphatic heterocycles. The second kappa shape index (κ2) is 8.65. The summed E-state index contributed by atoms with van der Waals surface area (Å²) in [7, 11) is 0. The second-order valence-electron chi connectivity index (χ2n) is 3.88. The van der Waals surface area contributed by atoms with Gasteiger partial charge in [-0.3, -0.25) is 5.32 Å². The molecule has 8 heteroatoms. The van der Waals surface area contributed by atoms with Gasteiger partial charge in [0.1, 0.15) is 0 Å². The van der Waals surface area contributed by atoms with Crippen LogP contribution in [0.3, 0.4) is 0 Å². The molecule has 0 bridgehead atoms. The summed E-state index contributed by atoms with van der Waals surface area (Å²) in [5.41, 5.74) is 0. The molecule has 19 heavy (non-hydrogen) atoms. The molecule has 1 rings (SSSR count). The van der Waals surface area contributed by atoms with E-state index in [1.165, 1.54) is 12.8 Å². The van der Waals surface area contributed by atoms with Gasteiger partial charge >= 0.3 is 6.09 Å². The van der Waals surface area contributed by atoms with Gasteiger partial charge in [-0.1, -0.05) is 6.58 Å². The molecule has 0 unspecified atom stereocenters. The number of likely N-dealkylation sites (tertiary alicyclic amines) is 1. The summed E-state index contributed by atoms with van der Waals surface area (Å²) in [5, 5.41) is 9.31. The summed E-state index contributed by atoms with van der Waals surface area (Å²) in [5.74, 6) is 0. The molecule has 3 N–H and O–H groups in total. The standard InChI is InChI=1S/C11H18N4O2S2/c1-2-17-11(16)14-9(18)12-5-6-13-10(19)15-7-3-4-8-15/h2H,1,3-8H2,(H,13,19)(H2,12,14,16,18). The van der Waals surface area contributed by atoms with Gasteiger partial charge < -0.3 is 20.3 Å². The highest BCUT2D eigenvalue weighted by molar-refractivity contribution is 7.80. The molecule has 1 aliphatic rings. The Morgan fingerprint density at radius 1 is 1.26 bits per heavy atom. The molecule has 1 saturated heterocycles. The molecule has 106 valence electrons. The van der Waals surface area contributed by atoms with Gasteiger partial charge in [0.05, 0.1) is 6.26 Å². The number of carbonyl (C=O) groups is 1. The largest absolute Gasteiger partial charge is 0.419 e. The molecule has 0 aromatic rings. The van der Waals surface area contributed by atoms with Gasteiger partial charge in [0.2, 0.25) is 0 Å². The Hall–Kier alpha value is -1.41. The Labute approximate surface area is 123 Å². The van der Waals surface area contributed by atoms with Crippen molar-refractivity contribution in [3.63, 3.8) is 0 Å². The molecular weight excluding hydrogens is 284 g/mol. The number of nitrogens with one attached hydrogen (secondary N) is 3. The molecule has 1 fully saturated rings. The van der Waals surface area contributed by atoms with Crippen LogP contribution in [-0.4, -0.2) is 47.4 Å². The van der Waals surface area contributed by atoms with E-state index in [0.717, 1.165) is 24.5 Å². The molecule has 0 atom stereocenters. The van der Waals surface area contributed by atoms with Crippen LogP contribution in [0.1, 0.15) is 12.8 Å². The fraction of sp³-hybridized carbons (Fsp3) is 0.545. The van der Waals surface area contributed by atoms with E-state index in [-0.39, 0.29) is 5.11 Å². The molecule has 0 aromatic heterocycles. The molecule has 1 heterocycles. The van der Waals surface area contributed by atoms with Crippen LogP contribution in [0.25, 0.3) is 0 Å². The van der Waals surface area contributed by atoms with Gasteiger partial charge in [-0.05, 0) is 37.3 Å². The van der Waals surface area contributed by atoms with Crippen molar-refractivity contribution in [3.05, 3.63) is 12.8 Å². The minimum absolute atomic E-state index is 0.209. The molecule has 0 saturated carbocycles. The summed E-state index contributed by atoms with van der Waals surface area (Å²) in [4.78, 5) is 13.1. The van der Waals surface area contributed by atoms with Crippen molar-refractivity contribution in [1.82, 2.24) is 20.9 Å². The lowest BCUT2D eigenvalue weighted by molar-refractivity contribution is 0.191. The SMILES string of the molecule is C=COC(=O)NC(=S)NCCNC(=S)N1CCCC1. The average Bonchev–Trinajstić information content (AvgIpc) is 2.88. The van der Waals surface area contributed by atoms with E-state index in [4.69, 9.17) is 24.4 Å². The van der Waals surface area contributed by atoms with Crippen molar-refractivity contribution < 1.29 is 9.53 Å². The predicted octanol–water partition coefficient (Wildman–Crippen LogP) is 0.701. The topological polar surface area (TPSA) is 65.6 Å². The van der Waals surface area contributed by atoms with Crippen molar-refractivity contribution in [2.24, 2.45) is 0 Å². The smallest absolute Gasteiger partial charge is 0.418 e. The first kappa shape index (κ1) is 15.6. The molecule has 6 nitrogen and oxygen atoms in total. The highest BCUT2D eigenvalue weighted by Crippen LogP contribution is 2.06. The zero-order chi connectivity index (χ0) is 14.1. The third-order valence-electron chi connectivity index (χ3n) is 2.49. The van der Waals surface area contributed by atoms with Gasteiger partial charge in [0.25, 0.3) is 0 Å². The summed E-state index contributed by atoms with van der Waals surface area (Å²) in [6.45, 7) is 6.50. The van der Waals surface area contributed by atoms with E-state index >= 15 is 0 Å². The van der Waals surface area contributed by atoms with Crippen LogP contribution in [0.2, 0.25) is 0 Å². The maximum absolute atomic E-state index is 11.0. The minimum Gasteiger partial charge on any atom is -0.419 e. The zero-order valence-electron chi connectivity index (χ0n) is 10.6. The number of nitrogens with zero attached hydrogens (tertiary/aromatic N) is 1. The van der Waals surface area contributed by atoms with Crippen LogP contribution in [0.4, 0.5) is 4.79 Å². The van der Waals surface area contributed by atoms with Crippen LogP contribution < -0.4 is 16.0 Å². The lowest BCUT2D eigenvalue weighted by Gasteiger charge is -2.19. The first-order chi connectivity index (χ1) is 9.13. The van der Waals surface area contributed by atoms with Gasteiger partial charge in [0, 0.05) is 26.2 Å². The number of ether oxygens (including phenoxy) is 1. The van der Waals surface area contributed by atoms with E-state index in [0.29, 0.717) is 13.1 Å². The Morgan fingerprint density at radius 2 is 1.89 bits per heavy atom. The maximum atomic E-state index is 11.0. The monoisotopic (exact) mass is 302 g/mol. The predicted molar refractivity (Wildman–Crippen MR) is 81.8 cm³/mol. The Balaban J connectivity index is 2.06. The van der Waals surface area contributed by atoms with Gasteiger partial charge in [-0.25, -0.2) is 4.79 Å². The lowest BCUT2D eigenvalue weighted by Crippen LogP contribution is -2.44. The maximum Gasteiger partial charge on any atom is 0.418 e. The first-order valence-electron chi connectivity index (χ1n) is 6.02. The third-order valence-corrected chi connectivity index (χ3v) is 3.13. The Bertz CT molecular complexity index is 357. The summed E-state index contributed by atoms with van der Waals surface area (Å²) >= 11 is 10.2. The highest BCUT2D eigenvalue weighted by atomic mass is 32.1. The van der Waals surface area contributed by atoms with Gasteiger partial charge in [-0.2, -0.15) is 0 Å². The van der Waals surface area contributed by atoms with E-state index in [1.807, 2.05) is 0 Å². The molecule has 0 aliphatic carbocycles. The summed E-state index contributed by atoms with van der Waals surface area (Å²) < 4.78 is 4.47. The van der Waals surface area contributed by atoms with Crippen molar-refractivity contribution in [1.29, 1.82) is 0 Å². The Kier molecular flexibility index (Phi) is 7.12. The molecule has 1 amide bonds. The number of thiocarbonyl (C=S) groups is 2. The minimum atomic E-state index is -0.659. The summed E-state index contributed by atoms with van der Waals surface area (Å²) in [6.07, 6.45) is 2.76. The first-order valence-corrected chi connectivity index (χ1v) is 6.84. The van der Waals surface area contributed by atoms with Gasteiger partial charge in [-0.15, -0.1) is 0 Å². The van der Waals surface area contributed by atoms with Crippen molar-refractivity contribution in [3.8, 4) is 0 Å². The number of hydrogen-bond acceptors (Lipinski definition) is 4. The number of amides is 1. The molecule has 0 aromatic carbocycles. The zero-order valence-corrected chi connectivity index (χ0v) is 12.2.